The Morgan fingerprint density at radius 3 is 1.94 bits per heavy atom. The summed E-state index contributed by atoms with van der Waals surface area (Å²) in [7, 11) is 0. The summed E-state index contributed by atoms with van der Waals surface area (Å²) in [5.41, 5.74) is 0. The first kappa shape index (κ1) is 16.7. The summed E-state index contributed by atoms with van der Waals surface area (Å²) in [6.45, 7) is 7.29. The van der Waals surface area contributed by atoms with Gasteiger partial charge in [-0.3, -0.25) is 0 Å². The zero-order valence-corrected chi connectivity index (χ0v) is 11.4. The summed E-state index contributed by atoms with van der Waals surface area (Å²) in [6, 6.07) is -1.90. The Morgan fingerprint density at radius 2 is 1.61 bits per heavy atom. The number of hydrogen-bond donors (Lipinski definition) is 4. The van der Waals surface area contributed by atoms with Crippen molar-refractivity contribution in [2.75, 3.05) is 0 Å². The number of urea groups is 1. The molecule has 0 saturated carbocycles. The van der Waals surface area contributed by atoms with Gasteiger partial charge in [0.05, 0.1) is 6.10 Å². The van der Waals surface area contributed by atoms with Crippen molar-refractivity contribution in [3.63, 3.8) is 0 Å². The quantitative estimate of drug-likeness (QED) is 0.547. The van der Waals surface area contributed by atoms with E-state index in [0.717, 1.165) is 12.8 Å². The van der Waals surface area contributed by atoms with Crippen LogP contribution in [0.1, 0.15) is 40.5 Å². The number of carboxylic acids is 1. The number of aliphatic hydroxyl groups excluding tert-OH is 1. The standard InChI is InChI=1S/C12H24N2O4/c1-5-9(6-2)7(3)13-12(18)14-10(8(4)15)11(16)17/h7-10,15H,5-6H2,1-4H3,(H,16,17)(H2,13,14,18)/t7?,8-,10+/m1/s1. The second kappa shape index (κ2) is 7.92. The molecule has 0 fully saturated rings. The van der Waals surface area contributed by atoms with Gasteiger partial charge in [-0.05, 0) is 19.8 Å². The number of rotatable bonds is 7. The first-order valence-electron chi connectivity index (χ1n) is 6.31. The predicted octanol–water partition coefficient (Wildman–Crippen LogP) is 0.944. The van der Waals surface area contributed by atoms with Gasteiger partial charge in [0.2, 0.25) is 0 Å². The van der Waals surface area contributed by atoms with E-state index in [0.29, 0.717) is 5.92 Å². The Kier molecular flexibility index (Phi) is 7.35. The lowest BCUT2D eigenvalue weighted by molar-refractivity contribution is -0.141. The van der Waals surface area contributed by atoms with Gasteiger partial charge in [0.1, 0.15) is 0 Å². The van der Waals surface area contributed by atoms with Gasteiger partial charge in [-0.15, -0.1) is 0 Å². The molecule has 6 nitrogen and oxygen atoms in total. The van der Waals surface area contributed by atoms with Gasteiger partial charge in [-0.25, -0.2) is 9.59 Å². The maximum atomic E-state index is 11.6. The monoisotopic (exact) mass is 260 g/mol. The number of carbonyl (C=O) groups excluding carboxylic acids is 1. The number of carboxylic acid groups (broad SMARTS) is 1. The fraction of sp³-hybridized carbons (Fsp3) is 0.833. The van der Waals surface area contributed by atoms with Crippen molar-refractivity contribution in [1.82, 2.24) is 10.6 Å². The van der Waals surface area contributed by atoms with E-state index >= 15 is 0 Å². The Bertz CT molecular complexity index is 277. The van der Waals surface area contributed by atoms with Gasteiger partial charge in [0, 0.05) is 6.04 Å². The highest BCUT2D eigenvalue weighted by atomic mass is 16.4. The van der Waals surface area contributed by atoms with Crippen LogP contribution in [0.15, 0.2) is 0 Å². The van der Waals surface area contributed by atoms with Crippen molar-refractivity contribution in [2.45, 2.75) is 58.7 Å². The molecule has 0 aliphatic rings. The molecule has 4 N–H and O–H groups in total. The van der Waals surface area contributed by atoms with Crippen LogP contribution in [-0.2, 0) is 4.79 Å². The minimum Gasteiger partial charge on any atom is -0.480 e. The van der Waals surface area contributed by atoms with Gasteiger partial charge < -0.3 is 20.8 Å². The van der Waals surface area contributed by atoms with E-state index in [4.69, 9.17) is 5.11 Å². The van der Waals surface area contributed by atoms with Crippen LogP contribution >= 0.6 is 0 Å². The molecule has 106 valence electrons. The molecule has 18 heavy (non-hydrogen) atoms. The third kappa shape index (κ3) is 5.35. The second-order valence-electron chi connectivity index (χ2n) is 4.54. The van der Waals surface area contributed by atoms with E-state index in [9.17, 15) is 14.7 Å². The van der Waals surface area contributed by atoms with Crippen LogP contribution in [0.5, 0.6) is 0 Å². The van der Waals surface area contributed by atoms with E-state index < -0.39 is 24.1 Å². The Hall–Kier alpha value is -1.30. The van der Waals surface area contributed by atoms with Gasteiger partial charge >= 0.3 is 12.0 Å². The fourth-order valence-corrected chi connectivity index (χ4v) is 1.89. The van der Waals surface area contributed by atoms with Gasteiger partial charge in [-0.1, -0.05) is 26.7 Å². The molecule has 1 unspecified atom stereocenters. The molecular weight excluding hydrogens is 236 g/mol. The van der Waals surface area contributed by atoms with Crippen LogP contribution < -0.4 is 10.6 Å². The molecule has 0 rings (SSSR count). The molecule has 0 aromatic heterocycles. The van der Waals surface area contributed by atoms with E-state index in [-0.39, 0.29) is 6.04 Å². The molecule has 0 aliphatic heterocycles. The van der Waals surface area contributed by atoms with Gasteiger partial charge in [0.25, 0.3) is 0 Å². The van der Waals surface area contributed by atoms with Crippen LogP contribution in [0.4, 0.5) is 4.79 Å². The molecule has 0 aromatic rings. The Balaban J connectivity index is 4.36. The number of carbonyl (C=O) groups is 2. The predicted molar refractivity (Wildman–Crippen MR) is 68.3 cm³/mol. The molecule has 2 amide bonds. The second-order valence-corrected chi connectivity index (χ2v) is 4.54. The summed E-state index contributed by atoms with van der Waals surface area (Å²) >= 11 is 0. The first-order chi connectivity index (χ1) is 8.33. The lowest BCUT2D eigenvalue weighted by Crippen LogP contribution is -2.53. The van der Waals surface area contributed by atoms with E-state index in [1.807, 2.05) is 20.8 Å². The van der Waals surface area contributed by atoms with E-state index in [1.54, 1.807) is 0 Å². The minimum atomic E-state index is -1.29. The van der Waals surface area contributed by atoms with Crippen molar-refractivity contribution in [1.29, 1.82) is 0 Å². The van der Waals surface area contributed by atoms with Crippen LogP contribution in [0.25, 0.3) is 0 Å². The average molecular weight is 260 g/mol. The van der Waals surface area contributed by atoms with Crippen LogP contribution in [0.3, 0.4) is 0 Å². The molecule has 0 aliphatic carbocycles. The molecule has 0 saturated heterocycles. The smallest absolute Gasteiger partial charge is 0.328 e. The topological polar surface area (TPSA) is 98.7 Å². The molecular formula is C12H24N2O4. The zero-order valence-electron chi connectivity index (χ0n) is 11.4. The van der Waals surface area contributed by atoms with Crippen LogP contribution in [0.2, 0.25) is 0 Å². The molecule has 0 radical (unpaired) electrons. The highest BCUT2D eigenvalue weighted by molar-refractivity contribution is 5.83. The van der Waals surface area contributed by atoms with Gasteiger partial charge in [-0.2, -0.15) is 0 Å². The van der Waals surface area contributed by atoms with E-state index in [2.05, 4.69) is 10.6 Å². The summed E-state index contributed by atoms with van der Waals surface area (Å²) < 4.78 is 0. The fourth-order valence-electron chi connectivity index (χ4n) is 1.89. The van der Waals surface area contributed by atoms with E-state index in [1.165, 1.54) is 6.92 Å². The lowest BCUT2D eigenvalue weighted by atomic mass is 9.96. The molecule has 0 heterocycles. The Morgan fingerprint density at radius 1 is 1.11 bits per heavy atom. The largest absolute Gasteiger partial charge is 0.480 e. The van der Waals surface area contributed by atoms with Crippen molar-refractivity contribution in [3.8, 4) is 0 Å². The van der Waals surface area contributed by atoms with Crippen molar-refractivity contribution >= 4 is 12.0 Å². The maximum Gasteiger partial charge on any atom is 0.328 e. The normalized spacial score (nSPS) is 15.9. The number of aliphatic carboxylic acids is 1. The SMILES string of the molecule is CCC(CC)C(C)NC(=O)N[C@H](C(=O)O)[C@@H](C)O. The number of nitrogens with one attached hydrogen (secondary N) is 2. The molecule has 0 bridgehead atoms. The Labute approximate surface area is 108 Å². The third-order valence-corrected chi connectivity index (χ3v) is 3.15. The first-order valence-corrected chi connectivity index (χ1v) is 6.31. The number of hydrogen-bond acceptors (Lipinski definition) is 3. The lowest BCUT2D eigenvalue weighted by Gasteiger charge is -2.24. The number of amides is 2. The molecule has 3 atom stereocenters. The summed E-state index contributed by atoms with van der Waals surface area (Å²) in [6.07, 6.45) is 0.740. The summed E-state index contributed by atoms with van der Waals surface area (Å²) in [5.74, 6) is -0.902. The summed E-state index contributed by atoms with van der Waals surface area (Å²) in [4.78, 5) is 22.4. The third-order valence-electron chi connectivity index (χ3n) is 3.15. The highest BCUT2D eigenvalue weighted by Crippen LogP contribution is 2.12. The van der Waals surface area contributed by atoms with Crippen LogP contribution in [0, 0.1) is 5.92 Å². The summed E-state index contributed by atoms with van der Waals surface area (Å²) in [5, 5.41) is 23.0. The van der Waals surface area contributed by atoms with Crippen LogP contribution in [-0.4, -0.2) is 40.4 Å². The van der Waals surface area contributed by atoms with Gasteiger partial charge in [0.15, 0.2) is 6.04 Å². The number of aliphatic hydroxyl groups is 1. The average Bonchev–Trinajstić information content (AvgIpc) is 2.26. The van der Waals surface area contributed by atoms with Crippen molar-refractivity contribution < 1.29 is 19.8 Å². The minimum absolute atomic E-state index is 0.0385. The molecule has 0 spiro atoms. The highest BCUT2D eigenvalue weighted by Gasteiger charge is 2.26. The van der Waals surface area contributed by atoms with Crippen molar-refractivity contribution in [3.05, 3.63) is 0 Å². The van der Waals surface area contributed by atoms with Crippen molar-refractivity contribution in [2.24, 2.45) is 5.92 Å². The molecule has 6 heteroatoms. The maximum absolute atomic E-state index is 11.6. The zero-order chi connectivity index (χ0) is 14.3. The molecule has 0 aromatic carbocycles.